The highest BCUT2D eigenvalue weighted by Gasteiger charge is 2.21. The molecule has 1 unspecified atom stereocenters. The molecule has 0 bridgehead atoms. The zero-order valence-electron chi connectivity index (χ0n) is 14.4. The van der Waals surface area contributed by atoms with Crippen molar-refractivity contribution in [2.24, 2.45) is 0 Å². The summed E-state index contributed by atoms with van der Waals surface area (Å²) in [6.45, 7) is 7.46. The minimum atomic E-state index is -0.211. The maximum atomic E-state index is 12.6. The predicted octanol–water partition coefficient (Wildman–Crippen LogP) is 3.71. The second kappa shape index (κ2) is 6.77. The van der Waals surface area contributed by atoms with E-state index in [1.807, 2.05) is 32.9 Å². The van der Waals surface area contributed by atoms with E-state index >= 15 is 0 Å². The topological polar surface area (TPSA) is 60.7 Å². The number of amides is 1. The molecule has 0 aliphatic carbocycles. The largest absolute Gasteiger partial charge is 0.497 e. The summed E-state index contributed by atoms with van der Waals surface area (Å²) in [5.74, 6) is 2.63. The average molecular weight is 317 g/mol. The third-order valence-electron chi connectivity index (χ3n) is 4.04. The van der Waals surface area contributed by atoms with E-state index in [1.165, 1.54) is 0 Å². The normalized spacial score (nSPS) is 11.9. The molecule has 0 spiro atoms. The Labute approximate surface area is 136 Å². The number of benzene rings is 1. The van der Waals surface area contributed by atoms with Crippen LogP contribution >= 0.6 is 0 Å². The number of carbonyl (C=O) groups is 1. The van der Waals surface area contributed by atoms with Crippen LogP contribution in [-0.2, 0) is 0 Å². The van der Waals surface area contributed by atoms with Gasteiger partial charge in [0.15, 0.2) is 0 Å². The number of nitrogens with one attached hydrogen (secondary N) is 1. The Kier molecular flexibility index (Phi) is 4.98. The van der Waals surface area contributed by atoms with E-state index in [4.69, 9.17) is 13.9 Å². The summed E-state index contributed by atoms with van der Waals surface area (Å²) in [5.41, 5.74) is 2.35. The van der Waals surface area contributed by atoms with E-state index in [1.54, 1.807) is 27.2 Å². The number of carbonyl (C=O) groups excluding carboxylic acids is 1. The fraction of sp³-hybridized carbons (Fsp3) is 0.389. The van der Waals surface area contributed by atoms with E-state index in [0.717, 1.165) is 16.9 Å². The number of aryl methyl sites for hydroxylation is 2. The van der Waals surface area contributed by atoms with Crippen LogP contribution in [-0.4, -0.2) is 20.1 Å². The van der Waals surface area contributed by atoms with Gasteiger partial charge in [0, 0.05) is 17.2 Å². The number of ether oxygens (including phenoxy) is 2. The van der Waals surface area contributed by atoms with E-state index < -0.39 is 0 Å². The molecule has 2 rings (SSSR count). The van der Waals surface area contributed by atoms with Crippen LogP contribution in [0.25, 0.3) is 0 Å². The van der Waals surface area contributed by atoms with Gasteiger partial charge in [-0.1, -0.05) is 0 Å². The van der Waals surface area contributed by atoms with Gasteiger partial charge in [0.05, 0.1) is 25.8 Å². The first-order chi connectivity index (χ1) is 10.9. The van der Waals surface area contributed by atoms with E-state index in [-0.39, 0.29) is 11.9 Å². The van der Waals surface area contributed by atoms with E-state index in [0.29, 0.717) is 22.8 Å². The molecule has 1 atom stereocenters. The first-order valence-corrected chi connectivity index (χ1v) is 7.48. The summed E-state index contributed by atoms with van der Waals surface area (Å²) in [5, 5.41) is 3.00. The fourth-order valence-electron chi connectivity index (χ4n) is 2.65. The smallest absolute Gasteiger partial charge is 0.255 e. The molecule has 0 saturated carbocycles. The van der Waals surface area contributed by atoms with Crippen LogP contribution in [0.15, 0.2) is 22.6 Å². The highest BCUT2D eigenvalue weighted by molar-refractivity contribution is 5.97. The van der Waals surface area contributed by atoms with Crippen LogP contribution in [0.4, 0.5) is 0 Å². The molecule has 5 nitrogen and oxygen atoms in total. The van der Waals surface area contributed by atoms with Gasteiger partial charge in [0.1, 0.15) is 23.0 Å². The molecule has 0 aliphatic rings. The average Bonchev–Trinajstić information content (AvgIpc) is 2.79. The summed E-state index contributed by atoms with van der Waals surface area (Å²) in [7, 11) is 3.20. The van der Waals surface area contributed by atoms with Crippen molar-refractivity contribution >= 4 is 5.91 Å². The van der Waals surface area contributed by atoms with Crippen LogP contribution in [0.2, 0.25) is 0 Å². The molecule has 1 aromatic heterocycles. The maximum Gasteiger partial charge on any atom is 0.255 e. The van der Waals surface area contributed by atoms with Crippen molar-refractivity contribution < 1.29 is 18.7 Å². The summed E-state index contributed by atoms with van der Waals surface area (Å²) >= 11 is 0. The molecule has 5 heteroatoms. The summed E-state index contributed by atoms with van der Waals surface area (Å²) in [4.78, 5) is 12.6. The molecule has 0 saturated heterocycles. The molecule has 124 valence electrons. The molecule has 0 radical (unpaired) electrons. The zero-order valence-corrected chi connectivity index (χ0v) is 14.4. The Morgan fingerprint density at radius 3 is 2.35 bits per heavy atom. The molecular formula is C18H23NO4. The highest BCUT2D eigenvalue weighted by Crippen LogP contribution is 2.30. The Hall–Kier alpha value is -2.43. The van der Waals surface area contributed by atoms with E-state index in [2.05, 4.69) is 5.32 Å². The zero-order chi connectivity index (χ0) is 17.1. The van der Waals surface area contributed by atoms with Gasteiger partial charge in [-0.2, -0.15) is 0 Å². The van der Waals surface area contributed by atoms with Gasteiger partial charge >= 0.3 is 0 Å². The lowest BCUT2D eigenvalue weighted by molar-refractivity contribution is 0.0937. The third-order valence-corrected chi connectivity index (χ3v) is 4.04. The van der Waals surface area contributed by atoms with Crippen molar-refractivity contribution in [3.63, 3.8) is 0 Å². The number of hydrogen-bond acceptors (Lipinski definition) is 4. The van der Waals surface area contributed by atoms with Gasteiger partial charge < -0.3 is 19.2 Å². The molecule has 1 heterocycles. The number of hydrogen-bond donors (Lipinski definition) is 1. The molecule has 0 aliphatic heterocycles. The van der Waals surface area contributed by atoms with E-state index in [9.17, 15) is 4.79 Å². The Morgan fingerprint density at radius 1 is 1.13 bits per heavy atom. The van der Waals surface area contributed by atoms with Gasteiger partial charge in [0.25, 0.3) is 5.91 Å². The number of furan rings is 1. The van der Waals surface area contributed by atoms with Crippen molar-refractivity contribution in [2.45, 2.75) is 33.7 Å². The predicted molar refractivity (Wildman–Crippen MR) is 88.3 cm³/mol. The van der Waals surface area contributed by atoms with Crippen molar-refractivity contribution in [3.05, 3.63) is 46.4 Å². The van der Waals surface area contributed by atoms with Crippen LogP contribution < -0.4 is 14.8 Å². The number of methoxy groups -OCH3 is 2. The first-order valence-electron chi connectivity index (χ1n) is 7.48. The minimum Gasteiger partial charge on any atom is -0.497 e. The summed E-state index contributed by atoms with van der Waals surface area (Å²) in [6.07, 6.45) is 0. The fourth-order valence-corrected chi connectivity index (χ4v) is 2.65. The molecule has 1 aromatic carbocycles. The minimum absolute atomic E-state index is 0.151. The lowest BCUT2D eigenvalue weighted by Gasteiger charge is -2.18. The Balaban J connectivity index is 2.25. The van der Waals surface area contributed by atoms with Crippen LogP contribution in [0, 0.1) is 20.8 Å². The lowest BCUT2D eigenvalue weighted by Crippen LogP contribution is -2.27. The third kappa shape index (κ3) is 3.33. The molecule has 1 N–H and O–H groups in total. The monoisotopic (exact) mass is 317 g/mol. The Bertz CT molecular complexity index is 718. The van der Waals surface area contributed by atoms with Crippen LogP contribution in [0.3, 0.4) is 0 Å². The molecule has 0 fully saturated rings. The van der Waals surface area contributed by atoms with Gasteiger partial charge in [-0.15, -0.1) is 0 Å². The van der Waals surface area contributed by atoms with Gasteiger partial charge in [-0.05, 0) is 39.8 Å². The van der Waals surface area contributed by atoms with Crippen LogP contribution in [0.5, 0.6) is 11.5 Å². The van der Waals surface area contributed by atoms with Gasteiger partial charge in [0.2, 0.25) is 0 Å². The number of rotatable bonds is 5. The standard InChI is InChI=1S/C18H23NO4/c1-10-12(3)23-13(4)17(10)18(20)19-11(2)15-8-7-14(21-5)9-16(15)22-6/h7-9,11H,1-6H3,(H,19,20). The van der Waals surface area contributed by atoms with Gasteiger partial charge in [-0.3, -0.25) is 4.79 Å². The lowest BCUT2D eigenvalue weighted by atomic mass is 10.0. The SMILES string of the molecule is COc1ccc(C(C)NC(=O)c2c(C)oc(C)c2C)c(OC)c1. The van der Waals surface area contributed by atoms with Crippen molar-refractivity contribution in [1.29, 1.82) is 0 Å². The second-order valence-corrected chi connectivity index (χ2v) is 5.52. The summed E-state index contributed by atoms with van der Waals surface area (Å²) < 4.78 is 16.1. The molecule has 1 amide bonds. The molecule has 2 aromatic rings. The molecule has 23 heavy (non-hydrogen) atoms. The Morgan fingerprint density at radius 2 is 1.83 bits per heavy atom. The van der Waals surface area contributed by atoms with Crippen LogP contribution in [0.1, 0.15) is 46.0 Å². The quantitative estimate of drug-likeness (QED) is 0.913. The van der Waals surface area contributed by atoms with Crippen molar-refractivity contribution in [3.8, 4) is 11.5 Å². The molecular weight excluding hydrogens is 294 g/mol. The van der Waals surface area contributed by atoms with Crippen molar-refractivity contribution in [1.82, 2.24) is 5.32 Å². The second-order valence-electron chi connectivity index (χ2n) is 5.52. The van der Waals surface area contributed by atoms with Gasteiger partial charge in [-0.25, -0.2) is 0 Å². The summed E-state index contributed by atoms with van der Waals surface area (Å²) in [6, 6.07) is 5.33. The van der Waals surface area contributed by atoms with Crippen molar-refractivity contribution in [2.75, 3.05) is 14.2 Å². The highest BCUT2D eigenvalue weighted by atomic mass is 16.5. The first kappa shape index (κ1) is 16.9. The maximum absolute atomic E-state index is 12.6.